The van der Waals surface area contributed by atoms with Crippen molar-refractivity contribution in [2.75, 3.05) is 26.4 Å². The molecule has 8 nitrogen and oxygen atoms in total. The molecule has 4 N–H and O–H groups in total. The van der Waals surface area contributed by atoms with Gasteiger partial charge < -0.3 is 39.8 Å². The zero-order valence-electron chi connectivity index (χ0n) is 13.3. The summed E-state index contributed by atoms with van der Waals surface area (Å²) in [6.45, 7) is -1.41. The van der Waals surface area contributed by atoms with Crippen molar-refractivity contribution in [2.45, 2.75) is 12.2 Å². The van der Waals surface area contributed by atoms with E-state index in [-0.39, 0.29) is 42.8 Å². The molecule has 128 valence electrons. The maximum absolute atomic E-state index is 11.0. The zero-order chi connectivity index (χ0) is 17.2. The summed E-state index contributed by atoms with van der Waals surface area (Å²) >= 11 is 0. The van der Waals surface area contributed by atoms with Gasteiger partial charge in [0.1, 0.15) is 42.9 Å². The molecule has 1 aromatic rings. The number of hydrogen-bond acceptors (Lipinski definition) is 8. The predicted octanol–water partition coefficient (Wildman–Crippen LogP) is -5.12. The van der Waals surface area contributed by atoms with Crippen LogP contribution in [-0.4, -0.2) is 65.0 Å². The van der Waals surface area contributed by atoms with Gasteiger partial charge >= 0.3 is 29.6 Å². The second-order valence-corrected chi connectivity index (χ2v) is 4.66. The monoisotopic (exact) mass is 350 g/mol. The maximum Gasteiger partial charge on any atom is 1.00 e. The molecule has 2 atom stereocenters. The van der Waals surface area contributed by atoms with E-state index >= 15 is 0 Å². The van der Waals surface area contributed by atoms with E-state index in [2.05, 4.69) is 0 Å². The summed E-state index contributed by atoms with van der Waals surface area (Å²) in [6, 6.07) is 6.20. The molecule has 0 aliphatic heterocycles. The Kier molecular flexibility index (Phi) is 11.7. The number of benzene rings is 1. The zero-order valence-corrected chi connectivity index (χ0v) is 15.3. The molecule has 0 saturated carbocycles. The van der Waals surface area contributed by atoms with Crippen LogP contribution in [0.5, 0.6) is 5.75 Å². The largest absolute Gasteiger partial charge is 1.00 e. The summed E-state index contributed by atoms with van der Waals surface area (Å²) in [5, 5.41) is 46.6. The Balaban J connectivity index is 0.00000529. The minimum atomic E-state index is -1.55. The van der Waals surface area contributed by atoms with Gasteiger partial charge in [0.05, 0.1) is 13.2 Å². The molecular weight excluding hydrogens is 331 g/mol. The van der Waals surface area contributed by atoms with Crippen LogP contribution < -0.4 is 39.4 Å². The third kappa shape index (κ3) is 8.65. The molecule has 0 aromatic heterocycles. The summed E-state index contributed by atoms with van der Waals surface area (Å²) in [5.41, 5.74) is 0.484. The summed E-state index contributed by atoms with van der Waals surface area (Å²) in [7, 11) is 0. The van der Waals surface area contributed by atoms with Gasteiger partial charge in [-0.05, 0) is 23.8 Å². The summed E-state index contributed by atoms with van der Waals surface area (Å²) in [4.78, 5) is 11.0. The van der Waals surface area contributed by atoms with Crippen LogP contribution in [-0.2, 0) is 9.53 Å². The van der Waals surface area contributed by atoms with Crippen molar-refractivity contribution >= 4 is 12.0 Å². The molecule has 0 bridgehead atoms. The van der Waals surface area contributed by atoms with Gasteiger partial charge in [0.15, 0.2) is 0 Å². The van der Waals surface area contributed by atoms with Gasteiger partial charge in [-0.2, -0.15) is 0 Å². The quantitative estimate of drug-likeness (QED) is 0.187. The molecule has 1 rings (SSSR count). The third-order valence-corrected chi connectivity index (χ3v) is 2.67. The van der Waals surface area contributed by atoms with E-state index in [1.807, 2.05) is 0 Å². The Labute approximate surface area is 161 Å². The van der Waals surface area contributed by atoms with E-state index < -0.39 is 37.2 Å². The fourth-order valence-corrected chi connectivity index (χ4v) is 1.45. The van der Waals surface area contributed by atoms with Gasteiger partial charge in [0, 0.05) is 0 Å². The van der Waals surface area contributed by atoms with E-state index in [9.17, 15) is 9.90 Å². The van der Waals surface area contributed by atoms with Crippen LogP contribution in [0.4, 0.5) is 0 Å². The topological polar surface area (TPSA) is 140 Å². The Bertz CT molecular complexity index is 517. The summed E-state index contributed by atoms with van der Waals surface area (Å²) < 4.78 is 10.1. The van der Waals surface area contributed by atoms with Crippen molar-refractivity contribution in [3.05, 3.63) is 35.6 Å². The normalized spacial score (nSPS) is 13.6. The van der Waals surface area contributed by atoms with Crippen molar-refractivity contribution in [3.8, 4) is 5.75 Å². The van der Waals surface area contributed by atoms with Crippen LogP contribution in [0.1, 0.15) is 5.56 Å². The van der Waals surface area contributed by atoms with E-state index in [1.54, 1.807) is 24.3 Å². The molecule has 0 radical (unpaired) electrons. The van der Waals surface area contributed by atoms with Crippen molar-refractivity contribution < 1.29 is 69.4 Å². The third-order valence-electron chi connectivity index (χ3n) is 2.67. The Morgan fingerprint density at radius 2 is 1.62 bits per heavy atom. The molecule has 0 spiro atoms. The Morgan fingerprint density at radius 3 is 2.12 bits per heavy atom. The van der Waals surface area contributed by atoms with Crippen LogP contribution in [0.3, 0.4) is 0 Å². The molecule has 24 heavy (non-hydrogen) atoms. The number of carboxylic acids is 1. The first-order valence-electron chi connectivity index (χ1n) is 6.82. The number of aliphatic hydroxyl groups is 4. The van der Waals surface area contributed by atoms with Gasteiger partial charge in [0.2, 0.25) is 0 Å². The van der Waals surface area contributed by atoms with E-state index in [4.69, 9.17) is 29.9 Å². The average molecular weight is 350 g/mol. The fourth-order valence-electron chi connectivity index (χ4n) is 1.45. The number of hydrogen-bond donors (Lipinski definition) is 4. The SMILES string of the molecule is O=C([O-])C(=Cc1ccc(OCC(O)CO)cc1)OCC(O)CO.[Na+]. The van der Waals surface area contributed by atoms with Crippen LogP contribution >= 0.6 is 0 Å². The first-order valence-corrected chi connectivity index (χ1v) is 6.82. The molecule has 1 aromatic carbocycles. The van der Waals surface area contributed by atoms with E-state index in [0.717, 1.165) is 0 Å². The summed E-state index contributed by atoms with van der Waals surface area (Å²) in [6.07, 6.45) is -0.969. The standard InChI is InChI=1S/C15H20O8.Na/c16-6-11(18)8-22-13-3-1-10(2-4-13)5-14(15(20)21)23-9-12(19)7-17;/h1-5,11-12,16-19H,6-9H2,(H,20,21);/q;+1/p-1. The first-order chi connectivity index (χ1) is 11.0. The number of aliphatic hydroxyl groups excluding tert-OH is 4. The van der Waals surface area contributed by atoms with Crippen molar-refractivity contribution in [1.82, 2.24) is 0 Å². The second-order valence-electron chi connectivity index (χ2n) is 4.66. The van der Waals surface area contributed by atoms with Crippen LogP contribution in [0.15, 0.2) is 30.0 Å². The fraction of sp³-hybridized carbons (Fsp3) is 0.400. The number of carbonyl (C=O) groups excluding carboxylic acids is 1. The first kappa shape index (κ1) is 22.9. The smallest absolute Gasteiger partial charge is 0.542 e. The van der Waals surface area contributed by atoms with Crippen LogP contribution in [0, 0.1) is 0 Å². The average Bonchev–Trinajstić information content (AvgIpc) is 2.56. The molecule has 0 fully saturated rings. The van der Waals surface area contributed by atoms with Crippen LogP contribution in [0.25, 0.3) is 6.08 Å². The molecule has 0 heterocycles. The van der Waals surface area contributed by atoms with Crippen LogP contribution in [0.2, 0.25) is 0 Å². The van der Waals surface area contributed by atoms with E-state index in [1.165, 1.54) is 6.08 Å². The number of carbonyl (C=O) groups is 1. The Morgan fingerprint density at radius 1 is 1.08 bits per heavy atom. The van der Waals surface area contributed by atoms with Gasteiger partial charge in [-0.1, -0.05) is 12.1 Å². The molecule has 9 heteroatoms. The van der Waals surface area contributed by atoms with Gasteiger partial charge in [-0.3, -0.25) is 0 Å². The van der Waals surface area contributed by atoms with Crippen molar-refractivity contribution in [2.24, 2.45) is 0 Å². The van der Waals surface area contributed by atoms with E-state index in [0.29, 0.717) is 11.3 Å². The molecule has 0 aliphatic carbocycles. The van der Waals surface area contributed by atoms with Crippen molar-refractivity contribution in [1.29, 1.82) is 0 Å². The number of ether oxygens (including phenoxy) is 2. The van der Waals surface area contributed by atoms with Crippen molar-refractivity contribution in [3.63, 3.8) is 0 Å². The minimum absolute atomic E-state index is 0. The number of aliphatic carboxylic acids is 1. The molecular formula is C15H19NaO8. The Hall–Kier alpha value is -1.13. The number of rotatable bonds is 10. The molecule has 0 saturated heterocycles. The second kappa shape index (κ2) is 12.3. The van der Waals surface area contributed by atoms with Gasteiger partial charge in [-0.15, -0.1) is 0 Å². The predicted molar refractivity (Wildman–Crippen MR) is 77.1 cm³/mol. The molecule has 2 unspecified atom stereocenters. The summed E-state index contributed by atoms with van der Waals surface area (Å²) in [5.74, 6) is -1.61. The maximum atomic E-state index is 11.0. The number of carboxylic acid groups (broad SMARTS) is 1. The molecule has 0 amide bonds. The minimum Gasteiger partial charge on any atom is -0.542 e. The molecule has 0 aliphatic rings. The van der Waals surface area contributed by atoms with Gasteiger partial charge in [0.25, 0.3) is 0 Å². The van der Waals surface area contributed by atoms with Gasteiger partial charge in [-0.25, -0.2) is 0 Å².